The Balaban J connectivity index is 1.67. The number of ether oxygens (including phenoxy) is 2. The molecular formula is C20H29N3O5. The standard InChI is InChI=1S/C20H29N3O5/c1-19(22-18(26)14-3-5-15(27-2)6-4-14)13-20(28-12-16(19)24)7-9-23(10-8-20)11-17(21)25/h3-6,16,24H,7-13H2,1-2H3,(H2,21,25)(H,22,26)/t16-,19-/m0/s1. The Bertz CT molecular complexity index is 715. The van der Waals surface area contributed by atoms with Crippen LogP contribution in [0.25, 0.3) is 0 Å². The molecule has 0 radical (unpaired) electrons. The number of nitrogens with zero attached hydrogens (tertiary/aromatic N) is 1. The summed E-state index contributed by atoms with van der Waals surface area (Å²) in [6, 6.07) is 6.85. The number of likely N-dealkylation sites (tertiary alicyclic amines) is 1. The zero-order chi connectivity index (χ0) is 20.4. The van der Waals surface area contributed by atoms with Crippen molar-refractivity contribution >= 4 is 11.8 Å². The number of rotatable bonds is 5. The van der Waals surface area contributed by atoms with Crippen LogP contribution in [0.4, 0.5) is 0 Å². The van der Waals surface area contributed by atoms with E-state index in [4.69, 9.17) is 15.2 Å². The van der Waals surface area contributed by atoms with Gasteiger partial charge in [-0.1, -0.05) is 0 Å². The lowest BCUT2D eigenvalue weighted by molar-refractivity contribution is -0.177. The Morgan fingerprint density at radius 3 is 2.54 bits per heavy atom. The number of piperidine rings is 1. The minimum absolute atomic E-state index is 0.162. The zero-order valence-electron chi connectivity index (χ0n) is 16.4. The Labute approximate surface area is 165 Å². The topological polar surface area (TPSA) is 114 Å². The van der Waals surface area contributed by atoms with Crippen LogP contribution in [0.15, 0.2) is 24.3 Å². The van der Waals surface area contributed by atoms with Crippen LogP contribution in [0.2, 0.25) is 0 Å². The summed E-state index contributed by atoms with van der Waals surface area (Å²) in [5.74, 6) is 0.0930. The van der Waals surface area contributed by atoms with Gasteiger partial charge in [0.1, 0.15) is 11.9 Å². The number of primary amides is 1. The van der Waals surface area contributed by atoms with Crippen LogP contribution in [0.1, 0.15) is 36.5 Å². The van der Waals surface area contributed by atoms with Gasteiger partial charge in [0.25, 0.3) is 5.91 Å². The van der Waals surface area contributed by atoms with Gasteiger partial charge in [-0.25, -0.2) is 0 Å². The number of aliphatic hydroxyl groups is 1. The Kier molecular flexibility index (Phi) is 5.92. The average Bonchev–Trinajstić information content (AvgIpc) is 2.67. The number of aliphatic hydroxyl groups excluding tert-OH is 1. The average molecular weight is 391 g/mol. The van der Waals surface area contributed by atoms with Crippen LogP contribution >= 0.6 is 0 Å². The number of hydrogen-bond donors (Lipinski definition) is 3. The fourth-order valence-electron chi connectivity index (χ4n) is 4.14. The van der Waals surface area contributed by atoms with Gasteiger partial charge in [-0.15, -0.1) is 0 Å². The molecule has 1 aromatic carbocycles. The Hall–Kier alpha value is -2.16. The highest BCUT2D eigenvalue weighted by atomic mass is 16.5. The minimum atomic E-state index is -0.804. The predicted octanol–water partition coefficient (Wildman–Crippen LogP) is 0.285. The van der Waals surface area contributed by atoms with Gasteiger partial charge in [0.15, 0.2) is 0 Å². The van der Waals surface area contributed by atoms with E-state index in [2.05, 4.69) is 5.32 Å². The normalized spacial score (nSPS) is 27.3. The van der Waals surface area contributed by atoms with Crippen LogP contribution in [-0.4, -0.2) is 72.4 Å². The number of hydrogen-bond acceptors (Lipinski definition) is 6. The van der Waals surface area contributed by atoms with E-state index in [1.165, 1.54) is 0 Å². The smallest absolute Gasteiger partial charge is 0.251 e. The molecule has 0 aliphatic carbocycles. The highest BCUT2D eigenvalue weighted by Gasteiger charge is 2.50. The SMILES string of the molecule is COc1ccc(C(=O)N[C@@]2(C)CC3(CCN(CC(N)=O)CC3)OC[C@@H]2O)cc1. The molecule has 1 spiro atoms. The second-order valence-corrected chi connectivity index (χ2v) is 8.03. The highest BCUT2D eigenvalue weighted by Crippen LogP contribution is 2.39. The number of carbonyl (C=O) groups is 2. The largest absolute Gasteiger partial charge is 0.497 e. The summed E-state index contributed by atoms with van der Waals surface area (Å²) >= 11 is 0. The van der Waals surface area contributed by atoms with Gasteiger partial charge in [0.2, 0.25) is 5.91 Å². The third-order valence-electron chi connectivity index (χ3n) is 5.87. The molecule has 2 heterocycles. The maximum absolute atomic E-state index is 12.7. The molecule has 8 heteroatoms. The summed E-state index contributed by atoms with van der Waals surface area (Å²) in [6.07, 6.45) is 1.15. The second kappa shape index (κ2) is 8.06. The van der Waals surface area contributed by atoms with Gasteiger partial charge < -0.3 is 25.6 Å². The lowest BCUT2D eigenvalue weighted by Gasteiger charge is -2.52. The molecule has 2 saturated heterocycles. The molecule has 3 rings (SSSR count). The molecule has 2 atom stereocenters. The first-order valence-corrected chi connectivity index (χ1v) is 9.55. The van der Waals surface area contributed by atoms with Crippen molar-refractivity contribution in [3.63, 3.8) is 0 Å². The third-order valence-corrected chi connectivity index (χ3v) is 5.87. The maximum Gasteiger partial charge on any atom is 0.251 e. The van der Waals surface area contributed by atoms with Gasteiger partial charge in [0, 0.05) is 25.1 Å². The fourth-order valence-corrected chi connectivity index (χ4v) is 4.14. The molecule has 8 nitrogen and oxygen atoms in total. The van der Waals surface area contributed by atoms with Crippen LogP contribution in [0, 0.1) is 0 Å². The number of carbonyl (C=O) groups excluding carboxylic acids is 2. The first-order valence-electron chi connectivity index (χ1n) is 9.55. The number of nitrogens with two attached hydrogens (primary N) is 1. The van der Waals surface area contributed by atoms with Crippen molar-refractivity contribution in [3.05, 3.63) is 29.8 Å². The Morgan fingerprint density at radius 2 is 1.96 bits per heavy atom. The molecule has 154 valence electrons. The number of benzene rings is 1. The molecule has 2 aliphatic heterocycles. The van der Waals surface area contributed by atoms with Crippen molar-refractivity contribution in [1.82, 2.24) is 10.2 Å². The van der Waals surface area contributed by atoms with Gasteiger partial charge >= 0.3 is 0 Å². The molecule has 2 amide bonds. The van der Waals surface area contributed by atoms with E-state index in [-0.39, 0.29) is 25.0 Å². The van der Waals surface area contributed by atoms with E-state index in [0.717, 1.165) is 12.8 Å². The summed E-state index contributed by atoms with van der Waals surface area (Å²) in [6.45, 7) is 3.65. The van der Waals surface area contributed by atoms with E-state index >= 15 is 0 Å². The fraction of sp³-hybridized carbons (Fsp3) is 0.600. The van der Waals surface area contributed by atoms with Gasteiger partial charge in [-0.3, -0.25) is 14.5 Å². The summed E-state index contributed by atoms with van der Waals surface area (Å²) in [4.78, 5) is 25.9. The van der Waals surface area contributed by atoms with Crippen molar-refractivity contribution in [2.24, 2.45) is 5.73 Å². The van der Waals surface area contributed by atoms with Crippen LogP contribution in [0.3, 0.4) is 0 Å². The van der Waals surface area contributed by atoms with E-state index in [1.807, 2.05) is 11.8 Å². The second-order valence-electron chi connectivity index (χ2n) is 8.03. The van der Waals surface area contributed by atoms with Gasteiger partial charge in [-0.2, -0.15) is 0 Å². The molecule has 4 N–H and O–H groups in total. The van der Waals surface area contributed by atoms with E-state index in [0.29, 0.717) is 30.8 Å². The van der Waals surface area contributed by atoms with Crippen molar-refractivity contribution in [2.45, 2.75) is 43.4 Å². The summed E-state index contributed by atoms with van der Waals surface area (Å²) < 4.78 is 11.1. The molecule has 2 fully saturated rings. The van der Waals surface area contributed by atoms with Crippen molar-refractivity contribution < 1.29 is 24.2 Å². The molecular weight excluding hydrogens is 362 g/mol. The number of amides is 2. The first kappa shape index (κ1) is 20.6. The lowest BCUT2D eigenvalue weighted by Crippen LogP contribution is -2.65. The van der Waals surface area contributed by atoms with Crippen molar-refractivity contribution in [3.8, 4) is 5.75 Å². The van der Waals surface area contributed by atoms with Crippen LogP contribution in [0.5, 0.6) is 5.75 Å². The summed E-state index contributed by atoms with van der Waals surface area (Å²) in [5.41, 5.74) is 4.56. The van der Waals surface area contributed by atoms with Gasteiger partial charge in [0.05, 0.1) is 31.4 Å². The molecule has 0 unspecified atom stereocenters. The van der Waals surface area contributed by atoms with E-state index in [1.54, 1.807) is 31.4 Å². The Morgan fingerprint density at radius 1 is 1.32 bits per heavy atom. The molecule has 0 saturated carbocycles. The number of nitrogens with one attached hydrogen (secondary N) is 1. The molecule has 0 bridgehead atoms. The molecule has 28 heavy (non-hydrogen) atoms. The van der Waals surface area contributed by atoms with Crippen molar-refractivity contribution in [1.29, 1.82) is 0 Å². The quantitative estimate of drug-likeness (QED) is 0.665. The molecule has 1 aromatic rings. The van der Waals surface area contributed by atoms with E-state index < -0.39 is 17.2 Å². The summed E-state index contributed by atoms with van der Waals surface area (Å²) in [7, 11) is 1.57. The molecule has 2 aliphatic rings. The predicted molar refractivity (Wildman–Crippen MR) is 103 cm³/mol. The van der Waals surface area contributed by atoms with Crippen molar-refractivity contribution in [2.75, 3.05) is 33.4 Å². The maximum atomic E-state index is 12.7. The monoisotopic (exact) mass is 391 g/mol. The van der Waals surface area contributed by atoms with Gasteiger partial charge in [-0.05, 0) is 44.0 Å². The van der Waals surface area contributed by atoms with Crippen LogP contribution < -0.4 is 15.8 Å². The summed E-state index contributed by atoms with van der Waals surface area (Å²) in [5, 5.41) is 13.6. The van der Waals surface area contributed by atoms with E-state index in [9.17, 15) is 14.7 Å². The highest BCUT2D eigenvalue weighted by molar-refractivity contribution is 5.94. The first-order chi connectivity index (χ1) is 13.3. The zero-order valence-corrected chi connectivity index (χ0v) is 16.4. The minimum Gasteiger partial charge on any atom is -0.497 e. The molecule has 0 aromatic heterocycles. The third kappa shape index (κ3) is 4.45. The number of methoxy groups -OCH3 is 1. The lowest BCUT2D eigenvalue weighted by atomic mass is 9.74. The van der Waals surface area contributed by atoms with Crippen LogP contribution in [-0.2, 0) is 9.53 Å².